The third kappa shape index (κ3) is 4.04. The van der Waals surface area contributed by atoms with Gasteiger partial charge in [0.1, 0.15) is 0 Å². The molecule has 0 aromatic rings. The van der Waals surface area contributed by atoms with Crippen LogP contribution in [0.1, 0.15) is 19.3 Å². The summed E-state index contributed by atoms with van der Waals surface area (Å²) in [5.74, 6) is -0.825. The Bertz CT molecular complexity index is 193. The Kier molecular flexibility index (Phi) is 4.31. The Morgan fingerprint density at radius 2 is 2.14 bits per heavy atom. The molecular formula is C9H17NO4. The molecule has 1 rings (SSSR count). The molecule has 3 N–H and O–H groups in total. The molecule has 0 aromatic heterocycles. The van der Waals surface area contributed by atoms with E-state index in [0.717, 1.165) is 12.8 Å². The molecule has 1 unspecified atom stereocenters. The number of aliphatic carboxylic acids is 1. The minimum Gasteiger partial charge on any atom is -0.481 e. The van der Waals surface area contributed by atoms with E-state index in [1.54, 1.807) is 0 Å². The molecule has 5 nitrogen and oxygen atoms in total. The van der Waals surface area contributed by atoms with E-state index < -0.39 is 12.1 Å². The summed E-state index contributed by atoms with van der Waals surface area (Å²) >= 11 is 0. The predicted molar refractivity (Wildman–Crippen MR) is 49.9 cm³/mol. The number of carboxylic acid groups (broad SMARTS) is 1. The van der Waals surface area contributed by atoms with Crippen molar-refractivity contribution in [3.8, 4) is 0 Å². The van der Waals surface area contributed by atoms with Gasteiger partial charge in [0.05, 0.1) is 19.1 Å². The van der Waals surface area contributed by atoms with Crippen LogP contribution < -0.4 is 0 Å². The smallest absolute Gasteiger partial charge is 0.304 e. The molecule has 0 spiro atoms. The third-order valence-electron chi connectivity index (χ3n) is 2.33. The molecule has 0 aromatic carbocycles. The first-order valence-electron chi connectivity index (χ1n) is 4.88. The second kappa shape index (κ2) is 5.29. The van der Waals surface area contributed by atoms with E-state index in [1.807, 2.05) is 4.90 Å². The lowest BCUT2D eigenvalue weighted by atomic mass is 10.3. The maximum absolute atomic E-state index is 10.4. The number of nitrogens with zero attached hydrogens (tertiary/aromatic N) is 1. The van der Waals surface area contributed by atoms with E-state index in [0.29, 0.717) is 19.1 Å². The second-order valence-corrected chi connectivity index (χ2v) is 3.71. The highest BCUT2D eigenvalue weighted by Gasteiger charge is 2.30. The first-order valence-corrected chi connectivity index (χ1v) is 4.88. The van der Waals surface area contributed by atoms with Crippen LogP contribution in [-0.4, -0.2) is 58.0 Å². The lowest BCUT2D eigenvalue weighted by molar-refractivity contribution is -0.137. The minimum atomic E-state index is -0.825. The normalized spacial score (nSPS) is 18.5. The number of aliphatic hydroxyl groups is 2. The largest absolute Gasteiger partial charge is 0.481 e. The SMILES string of the molecule is O=C(O)CCN(CC(O)CO)C1CC1. The fourth-order valence-electron chi connectivity index (χ4n) is 1.43. The van der Waals surface area contributed by atoms with Crippen LogP contribution in [0, 0.1) is 0 Å². The molecule has 0 aliphatic heterocycles. The molecule has 0 radical (unpaired) electrons. The Balaban J connectivity index is 2.27. The first kappa shape index (κ1) is 11.4. The van der Waals surface area contributed by atoms with Crippen molar-refractivity contribution in [1.29, 1.82) is 0 Å². The summed E-state index contributed by atoms with van der Waals surface area (Å²) in [6.07, 6.45) is 1.47. The van der Waals surface area contributed by atoms with Crippen molar-refractivity contribution in [3.63, 3.8) is 0 Å². The molecule has 0 bridgehead atoms. The Hall–Kier alpha value is -0.650. The fraction of sp³-hybridized carbons (Fsp3) is 0.889. The minimum absolute atomic E-state index is 0.0919. The summed E-state index contributed by atoms with van der Waals surface area (Å²) in [6, 6.07) is 0.413. The van der Waals surface area contributed by atoms with Crippen LogP contribution in [0.2, 0.25) is 0 Å². The molecule has 5 heteroatoms. The van der Waals surface area contributed by atoms with Crippen molar-refractivity contribution >= 4 is 5.97 Å². The van der Waals surface area contributed by atoms with Crippen LogP contribution >= 0.6 is 0 Å². The van der Waals surface area contributed by atoms with Crippen LogP contribution in [0.15, 0.2) is 0 Å². The molecule has 1 saturated carbocycles. The molecule has 1 atom stereocenters. The van der Waals surface area contributed by atoms with Gasteiger partial charge in [-0.05, 0) is 12.8 Å². The van der Waals surface area contributed by atoms with Gasteiger partial charge in [0.15, 0.2) is 0 Å². The highest BCUT2D eigenvalue weighted by Crippen LogP contribution is 2.26. The maximum atomic E-state index is 10.4. The van der Waals surface area contributed by atoms with Crippen molar-refractivity contribution < 1.29 is 20.1 Å². The van der Waals surface area contributed by atoms with Gasteiger partial charge in [0.2, 0.25) is 0 Å². The lowest BCUT2D eigenvalue weighted by Gasteiger charge is -2.23. The maximum Gasteiger partial charge on any atom is 0.304 e. The summed E-state index contributed by atoms with van der Waals surface area (Å²) in [4.78, 5) is 12.3. The molecule has 0 amide bonds. The van der Waals surface area contributed by atoms with E-state index in [2.05, 4.69) is 0 Å². The summed E-state index contributed by atoms with van der Waals surface area (Å²) in [5.41, 5.74) is 0. The average molecular weight is 203 g/mol. The van der Waals surface area contributed by atoms with Crippen LogP contribution in [0.5, 0.6) is 0 Å². The predicted octanol–water partition coefficient (Wildman–Crippen LogP) is -0.721. The zero-order chi connectivity index (χ0) is 10.6. The summed E-state index contributed by atoms with van der Waals surface area (Å²) in [7, 11) is 0. The van der Waals surface area contributed by atoms with Gasteiger partial charge < -0.3 is 15.3 Å². The molecule has 0 heterocycles. The zero-order valence-corrected chi connectivity index (χ0v) is 8.09. The number of hydrogen-bond donors (Lipinski definition) is 3. The highest BCUT2D eigenvalue weighted by atomic mass is 16.4. The molecule has 82 valence electrons. The zero-order valence-electron chi connectivity index (χ0n) is 8.09. The third-order valence-corrected chi connectivity index (χ3v) is 2.33. The summed E-state index contributed by atoms with van der Waals surface area (Å²) in [6.45, 7) is 0.557. The van der Waals surface area contributed by atoms with E-state index in [1.165, 1.54) is 0 Å². The second-order valence-electron chi connectivity index (χ2n) is 3.71. The van der Waals surface area contributed by atoms with Crippen molar-refractivity contribution in [2.75, 3.05) is 19.7 Å². The molecule has 1 aliphatic rings. The monoisotopic (exact) mass is 203 g/mol. The van der Waals surface area contributed by atoms with Gasteiger partial charge in [-0.1, -0.05) is 0 Å². The van der Waals surface area contributed by atoms with Gasteiger partial charge in [-0.3, -0.25) is 9.69 Å². The molecule has 1 fully saturated rings. The number of carboxylic acids is 1. The standard InChI is InChI=1S/C9H17NO4/c11-6-8(12)5-10(7-1-2-7)4-3-9(13)14/h7-8,11-12H,1-6H2,(H,13,14). The van der Waals surface area contributed by atoms with Crippen LogP contribution in [0.4, 0.5) is 0 Å². The topological polar surface area (TPSA) is 81.0 Å². The lowest BCUT2D eigenvalue weighted by Crippen LogP contribution is -2.37. The van der Waals surface area contributed by atoms with Crippen molar-refractivity contribution in [3.05, 3.63) is 0 Å². The van der Waals surface area contributed by atoms with Crippen molar-refractivity contribution in [2.24, 2.45) is 0 Å². The van der Waals surface area contributed by atoms with Gasteiger partial charge in [-0.2, -0.15) is 0 Å². The number of carbonyl (C=O) groups is 1. The number of aliphatic hydroxyl groups excluding tert-OH is 2. The van der Waals surface area contributed by atoms with Crippen LogP contribution in [0.25, 0.3) is 0 Å². The van der Waals surface area contributed by atoms with Crippen molar-refractivity contribution in [2.45, 2.75) is 31.4 Å². The van der Waals surface area contributed by atoms with E-state index in [4.69, 9.17) is 10.2 Å². The van der Waals surface area contributed by atoms with Crippen molar-refractivity contribution in [1.82, 2.24) is 4.90 Å². The summed E-state index contributed by atoms with van der Waals surface area (Å²) < 4.78 is 0. The molecule has 0 saturated heterocycles. The first-order chi connectivity index (χ1) is 6.63. The Labute approximate surface area is 83.0 Å². The van der Waals surface area contributed by atoms with Gasteiger partial charge >= 0.3 is 5.97 Å². The molecule has 14 heavy (non-hydrogen) atoms. The van der Waals surface area contributed by atoms with E-state index >= 15 is 0 Å². The number of rotatable bonds is 7. The number of hydrogen-bond acceptors (Lipinski definition) is 4. The van der Waals surface area contributed by atoms with E-state index in [9.17, 15) is 9.90 Å². The van der Waals surface area contributed by atoms with Crippen LogP contribution in [0.3, 0.4) is 0 Å². The fourth-order valence-corrected chi connectivity index (χ4v) is 1.43. The molecular weight excluding hydrogens is 186 g/mol. The van der Waals surface area contributed by atoms with Gasteiger partial charge in [0.25, 0.3) is 0 Å². The van der Waals surface area contributed by atoms with Gasteiger partial charge in [-0.25, -0.2) is 0 Å². The van der Waals surface area contributed by atoms with Gasteiger partial charge in [0, 0.05) is 19.1 Å². The quantitative estimate of drug-likeness (QED) is 0.508. The molecule has 1 aliphatic carbocycles. The highest BCUT2D eigenvalue weighted by molar-refractivity contribution is 5.66. The Morgan fingerprint density at radius 3 is 2.57 bits per heavy atom. The van der Waals surface area contributed by atoms with Crippen LogP contribution in [-0.2, 0) is 4.79 Å². The van der Waals surface area contributed by atoms with E-state index in [-0.39, 0.29) is 13.0 Å². The van der Waals surface area contributed by atoms with Gasteiger partial charge in [-0.15, -0.1) is 0 Å². The summed E-state index contributed by atoms with van der Waals surface area (Å²) in [5, 5.41) is 26.4. The Morgan fingerprint density at radius 1 is 1.50 bits per heavy atom. The average Bonchev–Trinajstić information content (AvgIpc) is 2.94.